The third-order valence-electron chi connectivity index (χ3n) is 10.6. The molecular weight excluding hydrogens is 609 g/mol. The van der Waals surface area contributed by atoms with E-state index in [1.807, 2.05) is 24.8 Å². The zero-order valence-corrected chi connectivity index (χ0v) is 27.8. The van der Waals surface area contributed by atoms with Gasteiger partial charge in [-0.25, -0.2) is 9.97 Å². The number of fused-ring (bicyclic) bond motifs is 8. The smallest absolute Gasteiger partial charge is 0.234 e. The average molecular weight is 641 g/mol. The van der Waals surface area contributed by atoms with Crippen LogP contribution in [-0.2, 0) is 5.41 Å². The lowest BCUT2D eigenvalue weighted by molar-refractivity contribution is 0.661. The molecule has 10 rings (SSSR count). The van der Waals surface area contributed by atoms with E-state index in [0.717, 1.165) is 44.4 Å². The molecule has 6 aromatic carbocycles. The van der Waals surface area contributed by atoms with Gasteiger partial charge >= 0.3 is 0 Å². The molecule has 0 aliphatic heterocycles. The van der Waals surface area contributed by atoms with Crippen molar-refractivity contribution >= 4 is 32.6 Å². The van der Waals surface area contributed by atoms with Crippen LogP contribution in [0.25, 0.3) is 83.0 Å². The molecule has 0 unspecified atom stereocenters. The Bertz CT molecular complexity index is 2700. The lowest BCUT2D eigenvalue weighted by Crippen LogP contribution is -2.14. The van der Waals surface area contributed by atoms with Crippen molar-refractivity contribution in [2.24, 2.45) is 0 Å². The molecule has 236 valence electrons. The van der Waals surface area contributed by atoms with E-state index in [4.69, 9.17) is 9.97 Å². The molecule has 4 nitrogen and oxygen atoms in total. The number of pyridine rings is 1. The van der Waals surface area contributed by atoms with E-state index in [2.05, 4.69) is 157 Å². The van der Waals surface area contributed by atoms with Gasteiger partial charge in [-0.05, 0) is 104 Å². The molecule has 50 heavy (non-hydrogen) atoms. The molecule has 0 fully saturated rings. The third-order valence-corrected chi connectivity index (χ3v) is 10.6. The Hall–Kier alpha value is -6.39. The summed E-state index contributed by atoms with van der Waals surface area (Å²) in [5.74, 6) is 0.657. The van der Waals surface area contributed by atoms with Crippen LogP contribution in [0.5, 0.6) is 0 Å². The fourth-order valence-electron chi connectivity index (χ4n) is 8.08. The SMILES string of the molecule is CC1(C)c2ccccc2-c2cc3ccc4c5ccccc5n(-c5ncc(-c6cc(-c7ccccc7)cc(-c7ccncc7)c6)cn5)c4c3cc21. The van der Waals surface area contributed by atoms with Crippen LogP contribution in [0.2, 0.25) is 0 Å². The van der Waals surface area contributed by atoms with Gasteiger partial charge in [0.05, 0.1) is 11.0 Å². The van der Waals surface area contributed by atoms with Crippen molar-refractivity contribution in [2.45, 2.75) is 19.3 Å². The maximum Gasteiger partial charge on any atom is 0.234 e. The van der Waals surface area contributed by atoms with Crippen LogP contribution in [0.15, 0.2) is 158 Å². The van der Waals surface area contributed by atoms with Gasteiger partial charge in [-0.3, -0.25) is 9.55 Å². The van der Waals surface area contributed by atoms with Crippen molar-refractivity contribution in [1.82, 2.24) is 19.5 Å². The Kier molecular flexibility index (Phi) is 6.19. The molecule has 4 heteroatoms. The van der Waals surface area contributed by atoms with Gasteiger partial charge in [0.25, 0.3) is 0 Å². The Morgan fingerprint density at radius 1 is 0.480 bits per heavy atom. The van der Waals surface area contributed by atoms with Crippen LogP contribution >= 0.6 is 0 Å². The summed E-state index contributed by atoms with van der Waals surface area (Å²) in [7, 11) is 0. The number of aromatic nitrogens is 4. The maximum absolute atomic E-state index is 5.08. The molecule has 0 saturated carbocycles. The summed E-state index contributed by atoms with van der Waals surface area (Å²) in [5.41, 5.74) is 14.1. The van der Waals surface area contributed by atoms with Gasteiger partial charge < -0.3 is 0 Å². The van der Waals surface area contributed by atoms with E-state index < -0.39 is 0 Å². The largest absolute Gasteiger partial charge is 0.277 e. The van der Waals surface area contributed by atoms with E-state index >= 15 is 0 Å². The summed E-state index contributed by atoms with van der Waals surface area (Å²) in [6.45, 7) is 4.68. The van der Waals surface area contributed by atoms with E-state index in [0.29, 0.717) is 5.95 Å². The highest BCUT2D eigenvalue weighted by atomic mass is 15.1. The first kappa shape index (κ1) is 28.6. The van der Waals surface area contributed by atoms with Gasteiger partial charge in [0, 0.05) is 51.9 Å². The summed E-state index contributed by atoms with van der Waals surface area (Å²) >= 11 is 0. The maximum atomic E-state index is 5.08. The van der Waals surface area contributed by atoms with Crippen molar-refractivity contribution in [1.29, 1.82) is 0 Å². The lowest BCUT2D eigenvalue weighted by atomic mass is 9.82. The Morgan fingerprint density at radius 2 is 1.14 bits per heavy atom. The Morgan fingerprint density at radius 3 is 1.92 bits per heavy atom. The predicted octanol–water partition coefficient (Wildman–Crippen LogP) is 11.4. The van der Waals surface area contributed by atoms with E-state index in [9.17, 15) is 0 Å². The molecule has 0 bridgehead atoms. The van der Waals surface area contributed by atoms with Crippen molar-refractivity contribution in [2.75, 3.05) is 0 Å². The molecule has 0 saturated heterocycles. The first-order chi connectivity index (χ1) is 24.5. The van der Waals surface area contributed by atoms with Crippen LogP contribution in [-0.4, -0.2) is 19.5 Å². The highest BCUT2D eigenvalue weighted by Crippen LogP contribution is 2.50. The third kappa shape index (κ3) is 4.28. The van der Waals surface area contributed by atoms with E-state index in [-0.39, 0.29) is 5.41 Å². The summed E-state index contributed by atoms with van der Waals surface area (Å²) in [6, 6.07) is 48.1. The highest BCUT2D eigenvalue weighted by molar-refractivity contribution is 6.19. The fraction of sp³-hybridized carbons (Fsp3) is 0.0652. The molecular formula is C46H32N4. The number of hydrogen-bond acceptors (Lipinski definition) is 3. The number of hydrogen-bond donors (Lipinski definition) is 0. The van der Waals surface area contributed by atoms with Crippen molar-refractivity contribution in [3.63, 3.8) is 0 Å². The highest BCUT2D eigenvalue weighted by Gasteiger charge is 2.35. The zero-order chi connectivity index (χ0) is 33.4. The molecule has 3 aromatic heterocycles. The minimum Gasteiger partial charge on any atom is -0.277 e. The van der Waals surface area contributed by atoms with Gasteiger partial charge in [0.15, 0.2) is 0 Å². The molecule has 0 spiro atoms. The van der Waals surface area contributed by atoms with Crippen LogP contribution in [0.1, 0.15) is 25.0 Å². The van der Waals surface area contributed by atoms with Crippen LogP contribution < -0.4 is 0 Å². The fourth-order valence-corrected chi connectivity index (χ4v) is 8.08. The molecule has 0 radical (unpaired) electrons. The van der Waals surface area contributed by atoms with Gasteiger partial charge in [0.1, 0.15) is 0 Å². The van der Waals surface area contributed by atoms with E-state index in [1.54, 1.807) is 0 Å². The predicted molar refractivity (Wildman–Crippen MR) is 206 cm³/mol. The molecule has 0 amide bonds. The molecule has 1 aliphatic rings. The minimum absolute atomic E-state index is 0.0966. The van der Waals surface area contributed by atoms with Gasteiger partial charge in [-0.2, -0.15) is 0 Å². The second-order valence-electron chi connectivity index (χ2n) is 13.8. The topological polar surface area (TPSA) is 43.6 Å². The van der Waals surface area contributed by atoms with Crippen molar-refractivity contribution in [3.8, 4) is 50.5 Å². The molecule has 3 heterocycles. The van der Waals surface area contributed by atoms with Crippen LogP contribution in [0.3, 0.4) is 0 Å². The quantitative estimate of drug-likeness (QED) is 0.192. The summed E-state index contributed by atoms with van der Waals surface area (Å²) in [5, 5.41) is 4.82. The summed E-state index contributed by atoms with van der Waals surface area (Å²) in [6.07, 6.45) is 7.61. The summed E-state index contributed by atoms with van der Waals surface area (Å²) < 4.78 is 2.25. The van der Waals surface area contributed by atoms with Crippen molar-refractivity contribution < 1.29 is 0 Å². The average Bonchev–Trinajstić information content (AvgIpc) is 3.63. The van der Waals surface area contributed by atoms with Gasteiger partial charge in [0.2, 0.25) is 5.95 Å². The monoisotopic (exact) mass is 640 g/mol. The number of nitrogens with zero attached hydrogens (tertiary/aromatic N) is 4. The summed E-state index contributed by atoms with van der Waals surface area (Å²) in [4.78, 5) is 14.4. The second-order valence-corrected chi connectivity index (χ2v) is 13.8. The normalized spacial score (nSPS) is 13.2. The number of benzene rings is 6. The first-order valence-electron chi connectivity index (χ1n) is 17.1. The van der Waals surface area contributed by atoms with Crippen LogP contribution in [0, 0.1) is 0 Å². The standard InChI is InChI=1S/C46H32N4/c1-46(2)41-14-8-6-12-36(41)40-25-31-16-17-38-37-13-7-9-15-43(37)50(44(38)39(31)26-42(40)46)45-48-27-35(28-49-45)34-23-32(29-10-4-3-5-11-29)22-33(24-34)30-18-20-47-21-19-30/h3-28H,1-2H3. The number of rotatable bonds is 4. The van der Waals surface area contributed by atoms with Crippen LogP contribution in [0.4, 0.5) is 0 Å². The zero-order valence-electron chi connectivity index (χ0n) is 27.8. The van der Waals surface area contributed by atoms with E-state index in [1.165, 1.54) is 43.8 Å². The van der Waals surface area contributed by atoms with Crippen molar-refractivity contribution in [3.05, 3.63) is 169 Å². The Balaban J connectivity index is 1.16. The first-order valence-corrected chi connectivity index (χ1v) is 17.1. The second kappa shape index (κ2) is 10.8. The lowest BCUT2D eigenvalue weighted by Gasteiger charge is -2.22. The molecule has 1 aliphatic carbocycles. The van der Waals surface area contributed by atoms with Gasteiger partial charge in [-0.1, -0.05) is 98.8 Å². The number of para-hydroxylation sites is 1. The Labute approximate surface area is 290 Å². The molecule has 9 aromatic rings. The molecule has 0 atom stereocenters. The van der Waals surface area contributed by atoms with Gasteiger partial charge in [-0.15, -0.1) is 0 Å². The minimum atomic E-state index is -0.0966. The molecule has 0 N–H and O–H groups in total.